The molecule has 2 radical (unpaired) electrons. The molecule has 0 aromatic heterocycles. The maximum absolute atomic E-state index is 12.3. The summed E-state index contributed by atoms with van der Waals surface area (Å²) in [6.07, 6.45) is -3.74. The summed E-state index contributed by atoms with van der Waals surface area (Å²) < 4.78 is 16.5. The molecule has 0 fully saturated rings. The van der Waals surface area contributed by atoms with Gasteiger partial charge >= 0.3 is 12.1 Å². The fraction of sp³-hybridized carbons (Fsp3) is 0.727. The summed E-state index contributed by atoms with van der Waals surface area (Å²) in [6.45, 7) is 7.74. The largest absolute Gasteiger partial charge is 0.478 e. The van der Waals surface area contributed by atoms with E-state index in [2.05, 4.69) is 15.6 Å². The van der Waals surface area contributed by atoms with Gasteiger partial charge in [0, 0.05) is 13.5 Å². The van der Waals surface area contributed by atoms with Crippen molar-refractivity contribution in [3.8, 4) is 0 Å². The van der Waals surface area contributed by atoms with Crippen LogP contribution in [0.1, 0.15) is 41.0 Å². The molecule has 0 saturated heterocycles. The van der Waals surface area contributed by atoms with Gasteiger partial charge in [0.05, 0.1) is 32.1 Å². The van der Waals surface area contributed by atoms with E-state index < -0.39 is 77.8 Å². The van der Waals surface area contributed by atoms with Crippen molar-refractivity contribution in [2.75, 3.05) is 13.2 Å². The number of aliphatic hydroxyl groups is 2. The Kier molecular flexibility index (Phi) is 11.7. The molecule has 0 aliphatic carbocycles. The molecule has 1 heterocycles. The van der Waals surface area contributed by atoms with E-state index in [0.29, 0.717) is 12.7 Å². The molecular weight excluding hydrogens is 489 g/mol. The quantitative estimate of drug-likeness (QED) is 0.0828. The summed E-state index contributed by atoms with van der Waals surface area (Å²) in [5.41, 5.74) is 9.29. The van der Waals surface area contributed by atoms with Crippen LogP contribution in [0.15, 0.2) is 16.8 Å². The van der Waals surface area contributed by atoms with Crippen LogP contribution in [0, 0.1) is 0 Å². The number of aliphatic hydroxyl groups excluding tert-OH is 2. The SMILES string of the molecule is [B]CCC(C)(C)OCC(C)(C)OC(=O)NC[C@@H](O)[C@@H](O)[C@@H]1OC(C(=O)O)=C[C@H](N=C(N)N)[C@H]1NC(C)=O. The maximum Gasteiger partial charge on any atom is 0.407 e. The molecule has 208 valence electrons. The van der Waals surface area contributed by atoms with Gasteiger partial charge < -0.3 is 51.6 Å². The smallest absolute Gasteiger partial charge is 0.407 e. The Hall–Kier alpha value is -3.04. The number of hydrogen-bond acceptors (Lipinski definition) is 9. The van der Waals surface area contributed by atoms with Gasteiger partial charge in [0.25, 0.3) is 0 Å². The molecule has 2 amide bonds. The minimum atomic E-state index is -1.79. The fourth-order valence-electron chi connectivity index (χ4n) is 3.44. The lowest BCUT2D eigenvalue weighted by Crippen LogP contribution is -2.60. The van der Waals surface area contributed by atoms with Crippen molar-refractivity contribution in [1.29, 1.82) is 0 Å². The van der Waals surface area contributed by atoms with Crippen molar-refractivity contribution < 1.29 is 43.9 Å². The van der Waals surface area contributed by atoms with Crippen LogP contribution in [0.25, 0.3) is 0 Å². The summed E-state index contributed by atoms with van der Waals surface area (Å²) >= 11 is 0. The number of amides is 2. The lowest BCUT2D eigenvalue weighted by atomic mass is 9.92. The minimum absolute atomic E-state index is 0.0728. The van der Waals surface area contributed by atoms with Crippen LogP contribution in [-0.2, 0) is 23.8 Å². The van der Waals surface area contributed by atoms with Gasteiger partial charge in [-0.15, -0.1) is 0 Å². The zero-order valence-corrected chi connectivity index (χ0v) is 21.8. The summed E-state index contributed by atoms with van der Waals surface area (Å²) in [5.74, 6) is -3.03. The molecule has 1 rings (SSSR count). The first-order valence-electron chi connectivity index (χ1n) is 11.6. The monoisotopic (exact) mass is 527 g/mol. The maximum atomic E-state index is 12.3. The number of nitrogens with one attached hydrogen (secondary N) is 2. The lowest BCUT2D eigenvalue weighted by molar-refractivity contribution is -0.144. The van der Waals surface area contributed by atoms with Crippen LogP contribution < -0.4 is 22.1 Å². The molecule has 9 N–H and O–H groups in total. The van der Waals surface area contributed by atoms with Crippen LogP contribution in [0.2, 0.25) is 6.32 Å². The molecule has 37 heavy (non-hydrogen) atoms. The molecule has 0 aromatic rings. The third-order valence-corrected chi connectivity index (χ3v) is 5.30. The highest BCUT2D eigenvalue weighted by molar-refractivity contribution is 6.08. The van der Waals surface area contributed by atoms with E-state index in [4.69, 9.17) is 33.5 Å². The van der Waals surface area contributed by atoms with E-state index in [0.717, 1.165) is 6.08 Å². The highest BCUT2D eigenvalue weighted by Gasteiger charge is 2.44. The van der Waals surface area contributed by atoms with Gasteiger partial charge in [0.15, 0.2) is 5.96 Å². The van der Waals surface area contributed by atoms with E-state index in [1.54, 1.807) is 13.8 Å². The van der Waals surface area contributed by atoms with E-state index in [9.17, 15) is 29.7 Å². The number of aliphatic carboxylic acids is 1. The summed E-state index contributed by atoms with van der Waals surface area (Å²) in [7, 11) is 5.57. The molecular formula is C22H38BN5O9. The average molecular weight is 527 g/mol. The van der Waals surface area contributed by atoms with Crippen molar-refractivity contribution >= 4 is 31.8 Å². The Morgan fingerprint density at radius 2 is 1.84 bits per heavy atom. The number of guanidine groups is 1. The van der Waals surface area contributed by atoms with Crippen molar-refractivity contribution in [3.05, 3.63) is 11.8 Å². The number of nitrogens with two attached hydrogens (primary N) is 2. The van der Waals surface area contributed by atoms with Crippen LogP contribution in [0.5, 0.6) is 0 Å². The average Bonchev–Trinajstić information content (AvgIpc) is 2.75. The zero-order valence-electron chi connectivity index (χ0n) is 21.8. The third kappa shape index (κ3) is 10.9. The number of carbonyl (C=O) groups is 3. The predicted octanol–water partition coefficient (Wildman–Crippen LogP) is -1.50. The second kappa shape index (κ2) is 13.5. The molecule has 0 unspecified atom stereocenters. The van der Waals surface area contributed by atoms with Crippen molar-refractivity contribution in [1.82, 2.24) is 10.6 Å². The minimum Gasteiger partial charge on any atom is -0.478 e. The number of carbonyl (C=O) groups excluding carboxylic acids is 2. The number of rotatable bonds is 13. The molecule has 1 aliphatic heterocycles. The number of aliphatic imine (C=N–C) groups is 1. The summed E-state index contributed by atoms with van der Waals surface area (Å²) in [6, 6.07) is -2.27. The number of hydrogen-bond donors (Lipinski definition) is 7. The Labute approximate surface area is 217 Å². The van der Waals surface area contributed by atoms with Gasteiger partial charge in [-0.25, -0.2) is 14.6 Å². The first-order chi connectivity index (χ1) is 17.0. The number of ether oxygens (including phenoxy) is 3. The van der Waals surface area contributed by atoms with Crippen molar-refractivity contribution in [2.45, 2.75) is 89.0 Å². The van der Waals surface area contributed by atoms with Gasteiger partial charge in [-0.1, -0.05) is 6.32 Å². The molecule has 14 nitrogen and oxygen atoms in total. The molecule has 0 aromatic carbocycles. The van der Waals surface area contributed by atoms with E-state index in [1.165, 1.54) is 6.92 Å². The van der Waals surface area contributed by atoms with Crippen LogP contribution in [-0.4, -0.2) is 102 Å². The van der Waals surface area contributed by atoms with Crippen LogP contribution >= 0.6 is 0 Å². The van der Waals surface area contributed by atoms with Crippen molar-refractivity contribution in [2.24, 2.45) is 16.5 Å². The predicted molar refractivity (Wildman–Crippen MR) is 134 cm³/mol. The highest BCUT2D eigenvalue weighted by Crippen LogP contribution is 2.25. The van der Waals surface area contributed by atoms with E-state index in [1.807, 2.05) is 13.8 Å². The molecule has 15 heteroatoms. The lowest BCUT2D eigenvalue weighted by Gasteiger charge is -2.38. The summed E-state index contributed by atoms with van der Waals surface area (Å²) in [4.78, 5) is 39.5. The summed E-state index contributed by atoms with van der Waals surface area (Å²) in [5, 5.41) is 35.5. The normalized spacial score (nSPS) is 21.5. The first-order valence-corrected chi connectivity index (χ1v) is 11.6. The number of nitrogens with zero attached hydrogens (tertiary/aromatic N) is 1. The standard InChI is InChI=1S/C22H38BN5O9/c1-11(29)27-15-12(28-19(24)25)8-14(18(32)33)36-17(15)16(31)13(30)9-26-20(34)37-22(4,5)10-35-21(2,3)6-7-23/h8,12-13,15-17,30-31H,6-7,9-10H2,1-5H3,(H,26,34)(H,27,29)(H,32,33)(H4,24,25,28)/t12-,13+,15+,16+,17+/m0/s1. The molecule has 0 saturated carbocycles. The highest BCUT2D eigenvalue weighted by atomic mass is 16.6. The zero-order chi connectivity index (χ0) is 28.6. The van der Waals surface area contributed by atoms with Crippen LogP contribution in [0.4, 0.5) is 4.79 Å². The fourth-order valence-corrected chi connectivity index (χ4v) is 3.44. The van der Waals surface area contributed by atoms with Gasteiger partial charge in [0.2, 0.25) is 11.7 Å². The van der Waals surface area contributed by atoms with E-state index >= 15 is 0 Å². The van der Waals surface area contributed by atoms with E-state index in [-0.39, 0.29) is 6.61 Å². The topological polar surface area (TPSA) is 228 Å². The molecule has 0 bridgehead atoms. The molecule has 5 atom stereocenters. The molecule has 1 aliphatic rings. The van der Waals surface area contributed by atoms with Gasteiger partial charge in [-0.05, 0) is 40.2 Å². The number of alkyl carbamates (subject to hydrolysis) is 1. The first kappa shape index (κ1) is 32.0. The number of carboxylic acid groups (broad SMARTS) is 1. The van der Waals surface area contributed by atoms with Crippen molar-refractivity contribution in [3.63, 3.8) is 0 Å². The second-order valence-electron chi connectivity index (χ2n) is 9.86. The Morgan fingerprint density at radius 1 is 1.22 bits per heavy atom. The van der Waals surface area contributed by atoms with Gasteiger partial charge in [0.1, 0.15) is 23.9 Å². The third-order valence-electron chi connectivity index (χ3n) is 5.30. The second-order valence-corrected chi connectivity index (χ2v) is 9.86. The van der Waals surface area contributed by atoms with Gasteiger partial charge in [-0.2, -0.15) is 0 Å². The number of carboxylic acids is 1. The molecule has 0 spiro atoms. The Bertz CT molecular complexity index is 877. The Balaban J connectivity index is 2.89. The van der Waals surface area contributed by atoms with Gasteiger partial charge in [-0.3, -0.25) is 4.79 Å². The Morgan fingerprint density at radius 3 is 2.35 bits per heavy atom. The van der Waals surface area contributed by atoms with Crippen LogP contribution in [0.3, 0.4) is 0 Å².